The Labute approximate surface area is 252 Å². The summed E-state index contributed by atoms with van der Waals surface area (Å²) in [4.78, 5) is 6.15. The highest BCUT2D eigenvalue weighted by Gasteiger charge is 2.54. The lowest BCUT2D eigenvalue weighted by Gasteiger charge is -2.47. The molecule has 1 unspecified atom stereocenters. The van der Waals surface area contributed by atoms with E-state index in [1.165, 1.54) is 55.4 Å². The summed E-state index contributed by atoms with van der Waals surface area (Å²) in [7, 11) is 0. The number of hydrogen-bond acceptors (Lipinski definition) is 5. The molecule has 5 rings (SSSR count). The first-order chi connectivity index (χ1) is 19.5. The topological polar surface area (TPSA) is 73.6 Å². The minimum Gasteiger partial charge on any atom is -0.393 e. The normalized spacial score (nSPS) is 34.5. The molecule has 4 fully saturated rings. The second-order valence-corrected chi connectivity index (χ2v) is 15.6. The number of aliphatic hydroxyl groups is 3. The molecule has 0 saturated heterocycles. The van der Waals surface area contributed by atoms with Gasteiger partial charge in [-0.2, -0.15) is 0 Å². The Hall–Kier alpha value is -1.53. The second kappa shape index (κ2) is 12.2. The van der Waals surface area contributed by atoms with E-state index in [9.17, 15) is 15.3 Å². The standard InChI is InChI=1S/C36H53NO3S/c1-6-7-8-11-28-23-37-33(41-28)36(19-20-36)32(40)16-18-34(3,4)31-15-14-29-25(10-9-17-35(29,31)5)12-13-26-21-27(38)22-30(39)24(26)2/h12-13,16,18,23,27,29-32,38-40H,2,6-11,14-15,17,19-22H2,1,3-5H3/b18-16+,25-12+,26-13-/t27?,29-,30-,31+,32+,35-/m0/s1. The zero-order valence-corrected chi connectivity index (χ0v) is 26.7. The van der Waals surface area contributed by atoms with E-state index in [1.807, 2.05) is 17.5 Å². The van der Waals surface area contributed by atoms with Crippen LogP contribution in [0.5, 0.6) is 0 Å². The van der Waals surface area contributed by atoms with E-state index < -0.39 is 18.3 Å². The molecule has 4 aliphatic carbocycles. The van der Waals surface area contributed by atoms with Gasteiger partial charge in [0.1, 0.15) is 5.01 Å². The number of fused-ring (bicyclic) bond motifs is 1. The van der Waals surface area contributed by atoms with Crippen LogP contribution in [-0.2, 0) is 11.8 Å². The van der Waals surface area contributed by atoms with Gasteiger partial charge in [0.15, 0.2) is 0 Å². The van der Waals surface area contributed by atoms with Crippen molar-refractivity contribution in [2.24, 2.45) is 22.7 Å². The van der Waals surface area contributed by atoms with Gasteiger partial charge in [-0.25, -0.2) is 4.98 Å². The maximum Gasteiger partial charge on any atom is 0.102 e. The highest BCUT2D eigenvalue weighted by atomic mass is 32.1. The Morgan fingerprint density at radius 3 is 2.68 bits per heavy atom. The van der Waals surface area contributed by atoms with E-state index in [0.29, 0.717) is 24.7 Å². The largest absolute Gasteiger partial charge is 0.393 e. The van der Waals surface area contributed by atoms with E-state index in [0.717, 1.165) is 41.8 Å². The van der Waals surface area contributed by atoms with E-state index in [1.54, 1.807) is 0 Å². The lowest BCUT2D eigenvalue weighted by Crippen LogP contribution is -2.39. The summed E-state index contributed by atoms with van der Waals surface area (Å²) in [5.74, 6) is 1.10. The maximum atomic E-state index is 11.4. The molecular weight excluding hydrogens is 526 g/mol. The van der Waals surface area contributed by atoms with E-state index >= 15 is 0 Å². The molecular formula is C36H53NO3S. The molecule has 0 spiro atoms. The van der Waals surface area contributed by atoms with Crippen molar-refractivity contribution in [2.45, 2.75) is 135 Å². The second-order valence-electron chi connectivity index (χ2n) is 14.5. The number of allylic oxidation sites excluding steroid dienone is 4. The summed E-state index contributed by atoms with van der Waals surface area (Å²) in [6.45, 7) is 13.6. The van der Waals surface area contributed by atoms with Crippen molar-refractivity contribution in [3.8, 4) is 0 Å². The van der Waals surface area contributed by atoms with Gasteiger partial charge >= 0.3 is 0 Å². The monoisotopic (exact) mass is 579 g/mol. The molecule has 1 aromatic heterocycles. The Balaban J connectivity index is 1.28. The smallest absolute Gasteiger partial charge is 0.102 e. The third-order valence-electron chi connectivity index (χ3n) is 11.2. The van der Waals surface area contributed by atoms with Gasteiger partial charge in [-0.05, 0) is 98.0 Å². The number of aliphatic hydroxyl groups excluding tert-OH is 3. The van der Waals surface area contributed by atoms with Crippen LogP contribution in [0, 0.1) is 22.7 Å². The van der Waals surface area contributed by atoms with Gasteiger partial charge < -0.3 is 15.3 Å². The first-order valence-electron chi connectivity index (χ1n) is 16.3. The summed E-state index contributed by atoms with van der Waals surface area (Å²) < 4.78 is 0. The van der Waals surface area contributed by atoms with E-state index in [4.69, 9.17) is 4.98 Å². The zero-order valence-electron chi connectivity index (χ0n) is 25.9. The average molecular weight is 580 g/mol. The van der Waals surface area contributed by atoms with E-state index in [-0.39, 0.29) is 16.2 Å². The van der Waals surface area contributed by atoms with Crippen molar-refractivity contribution in [1.82, 2.24) is 4.98 Å². The first kappa shape index (κ1) is 30.9. The van der Waals surface area contributed by atoms with Crippen LogP contribution in [0.1, 0.15) is 115 Å². The predicted molar refractivity (Wildman–Crippen MR) is 170 cm³/mol. The number of rotatable bonds is 10. The lowest BCUT2D eigenvalue weighted by atomic mass is 9.57. The summed E-state index contributed by atoms with van der Waals surface area (Å²) in [6.07, 6.45) is 23.1. The molecule has 0 aliphatic heterocycles. The molecule has 41 heavy (non-hydrogen) atoms. The fourth-order valence-electron chi connectivity index (χ4n) is 8.54. The van der Waals surface area contributed by atoms with Crippen molar-refractivity contribution in [1.29, 1.82) is 0 Å². The Bertz CT molecular complexity index is 1190. The van der Waals surface area contributed by atoms with Gasteiger partial charge in [0, 0.05) is 17.5 Å². The Kier molecular flexibility index (Phi) is 9.22. The summed E-state index contributed by atoms with van der Waals surface area (Å²) in [5, 5.41) is 33.0. The first-order valence-corrected chi connectivity index (χ1v) is 17.1. The number of aromatic nitrogens is 1. The quantitative estimate of drug-likeness (QED) is 0.194. The van der Waals surface area contributed by atoms with Crippen LogP contribution in [0.2, 0.25) is 0 Å². The molecule has 226 valence electrons. The van der Waals surface area contributed by atoms with Crippen molar-refractivity contribution in [3.05, 3.63) is 63.7 Å². The molecule has 0 bridgehead atoms. The van der Waals surface area contributed by atoms with Gasteiger partial charge in [0.05, 0.1) is 23.7 Å². The van der Waals surface area contributed by atoms with Crippen molar-refractivity contribution < 1.29 is 15.3 Å². The fourth-order valence-corrected chi connectivity index (χ4v) is 9.77. The van der Waals surface area contributed by atoms with E-state index in [2.05, 4.69) is 58.6 Å². The molecule has 5 heteroatoms. The van der Waals surface area contributed by atoms with Crippen LogP contribution in [0.25, 0.3) is 0 Å². The highest BCUT2D eigenvalue weighted by molar-refractivity contribution is 7.11. The van der Waals surface area contributed by atoms with Crippen LogP contribution in [-0.4, -0.2) is 38.6 Å². The number of nitrogens with zero attached hydrogens (tertiary/aromatic N) is 1. The maximum absolute atomic E-state index is 11.4. The summed E-state index contributed by atoms with van der Waals surface area (Å²) in [5.41, 5.74) is 3.31. The van der Waals surface area contributed by atoms with Crippen LogP contribution in [0.4, 0.5) is 0 Å². The number of hydrogen-bond donors (Lipinski definition) is 3. The molecule has 1 heterocycles. The molecule has 3 N–H and O–H groups in total. The van der Waals surface area contributed by atoms with Gasteiger partial charge in [0.25, 0.3) is 0 Å². The van der Waals surface area contributed by atoms with Crippen LogP contribution >= 0.6 is 11.3 Å². The Morgan fingerprint density at radius 2 is 1.95 bits per heavy atom. The van der Waals surface area contributed by atoms with Crippen molar-refractivity contribution >= 4 is 11.3 Å². The highest BCUT2D eigenvalue weighted by Crippen LogP contribution is 2.62. The molecule has 4 aliphatic rings. The summed E-state index contributed by atoms with van der Waals surface area (Å²) in [6, 6.07) is 0. The van der Waals surface area contributed by atoms with Crippen LogP contribution < -0.4 is 0 Å². The lowest BCUT2D eigenvalue weighted by molar-refractivity contribution is 0.0706. The molecule has 6 atom stereocenters. The molecule has 0 aromatic carbocycles. The van der Waals surface area contributed by atoms with Crippen molar-refractivity contribution in [2.75, 3.05) is 0 Å². The third kappa shape index (κ3) is 6.25. The molecule has 1 aromatic rings. The third-order valence-corrected chi connectivity index (χ3v) is 12.5. The molecule has 4 saturated carbocycles. The molecule has 0 amide bonds. The number of unbranched alkanes of at least 4 members (excludes halogenated alkanes) is 2. The van der Waals surface area contributed by atoms with Crippen molar-refractivity contribution in [3.63, 3.8) is 0 Å². The molecule has 0 radical (unpaired) electrons. The van der Waals surface area contributed by atoms with Crippen LogP contribution in [0.15, 0.2) is 53.8 Å². The SMILES string of the molecule is C=C1/C(=C\C=C2/CCC[C@]3(C)[C@@H](C(C)(C)/C=C/[C@@H](O)C4(c5ncc(CCCCC)s5)CC4)CC[C@@H]23)CC(O)C[C@@H]1O. The molecule has 4 nitrogen and oxygen atoms in total. The fraction of sp³-hybridized carbons (Fsp3) is 0.694. The van der Waals surface area contributed by atoms with Gasteiger partial charge in [0.2, 0.25) is 0 Å². The van der Waals surface area contributed by atoms with Gasteiger partial charge in [-0.1, -0.05) is 77.0 Å². The van der Waals surface area contributed by atoms with Crippen LogP contribution in [0.3, 0.4) is 0 Å². The van der Waals surface area contributed by atoms with Gasteiger partial charge in [-0.3, -0.25) is 0 Å². The number of aryl methyl sites for hydroxylation is 1. The summed E-state index contributed by atoms with van der Waals surface area (Å²) >= 11 is 1.82. The predicted octanol–water partition coefficient (Wildman–Crippen LogP) is 7.99. The Morgan fingerprint density at radius 1 is 1.17 bits per heavy atom. The zero-order chi connectivity index (χ0) is 29.4. The van der Waals surface area contributed by atoms with Gasteiger partial charge in [-0.15, -0.1) is 11.3 Å². The average Bonchev–Trinajstić information content (AvgIpc) is 3.45. The minimum absolute atomic E-state index is 0.0124. The minimum atomic E-state index is -0.642. The number of thiazole rings is 1.